The molecule has 0 aliphatic heterocycles. The van der Waals surface area contributed by atoms with Crippen LogP contribution in [0.15, 0.2) is 24.3 Å². The molecule has 0 N–H and O–H groups in total. The van der Waals surface area contributed by atoms with Crippen LogP contribution < -0.4 is 4.74 Å². The average Bonchev–Trinajstić information content (AvgIpc) is 2.83. The fraction of sp³-hybridized carbons (Fsp3) is 0.793. The van der Waals surface area contributed by atoms with Crippen LogP contribution >= 0.6 is 0 Å². The molecule has 2 fully saturated rings. The van der Waals surface area contributed by atoms with Gasteiger partial charge in [-0.15, -0.1) is 13.2 Å². The van der Waals surface area contributed by atoms with Crippen LogP contribution in [0.3, 0.4) is 0 Å². The molecule has 0 amide bonds. The minimum atomic E-state index is -4.62. The Bertz CT molecular complexity index is 657. The minimum absolute atomic E-state index is 0.131. The SMILES string of the molecule is CCCCCCCOCC1CCC(CCC2CCC(c3ccc(OC(F)(F)F)cc3)CC2)CC1. The van der Waals surface area contributed by atoms with Crippen molar-refractivity contribution in [2.75, 3.05) is 13.2 Å². The average molecular weight is 483 g/mol. The summed E-state index contributed by atoms with van der Waals surface area (Å²) in [5.41, 5.74) is 1.15. The molecule has 3 rings (SSSR count). The molecular formula is C29H45F3O2. The second kappa shape index (κ2) is 14.4. The number of alkyl halides is 3. The molecule has 2 aliphatic carbocycles. The number of unbranched alkanes of at least 4 members (excludes halogenated alkanes) is 4. The van der Waals surface area contributed by atoms with Crippen molar-refractivity contribution in [1.82, 2.24) is 0 Å². The highest BCUT2D eigenvalue weighted by Crippen LogP contribution is 2.40. The van der Waals surface area contributed by atoms with E-state index in [2.05, 4.69) is 11.7 Å². The van der Waals surface area contributed by atoms with Crippen LogP contribution in [0.4, 0.5) is 13.2 Å². The first kappa shape index (κ1) is 27.4. The van der Waals surface area contributed by atoms with E-state index in [-0.39, 0.29) is 5.75 Å². The highest BCUT2D eigenvalue weighted by Gasteiger charge is 2.31. The lowest BCUT2D eigenvalue weighted by Gasteiger charge is -2.32. The van der Waals surface area contributed by atoms with Crippen molar-refractivity contribution in [3.05, 3.63) is 29.8 Å². The van der Waals surface area contributed by atoms with Crippen molar-refractivity contribution in [2.45, 2.75) is 116 Å². The molecule has 0 bridgehead atoms. The molecule has 0 unspecified atom stereocenters. The molecule has 5 heteroatoms. The van der Waals surface area contributed by atoms with Gasteiger partial charge in [0.05, 0.1) is 0 Å². The number of rotatable bonds is 13. The number of benzene rings is 1. The van der Waals surface area contributed by atoms with Gasteiger partial charge < -0.3 is 9.47 Å². The zero-order valence-electron chi connectivity index (χ0n) is 21.1. The van der Waals surface area contributed by atoms with Gasteiger partial charge in [0.1, 0.15) is 5.75 Å². The number of hydrogen-bond acceptors (Lipinski definition) is 2. The highest BCUT2D eigenvalue weighted by molar-refractivity contribution is 5.29. The third-order valence-corrected chi connectivity index (χ3v) is 8.13. The molecule has 0 spiro atoms. The quantitative estimate of drug-likeness (QED) is 0.261. The van der Waals surface area contributed by atoms with Gasteiger partial charge in [-0.25, -0.2) is 0 Å². The molecule has 34 heavy (non-hydrogen) atoms. The first-order valence-corrected chi connectivity index (χ1v) is 13.9. The second-order valence-electron chi connectivity index (χ2n) is 10.8. The minimum Gasteiger partial charge on any atom is -0.406 e. The summed E-state index contributed by atoms with van der Waals surface area (Å²) >= 11 is 0. The highest BCUT2D eigenvalue weighted by atomic mass is 19.4. The Morgan fingerprint density at radius 2 is 1.29 bits per heavy atom. The summed E-state index contributed by atoms with van der Waals surface area (Å²) < 4.78 is 47.0. The smallest absolute Gasteiger partial charge is 0.406 e. The molecule has 2 aliphatic rings. The summed E-state index contributed by atoms with van der Waals surface area (Å²) in [5.74, 6) is 2.82. The Labute approximate surface area is 205 Å². The topological polar surface area (TPSA) is 18.5 Å². The Hall–Kier alpha value is -1.23. The van der Waals surface area contributed by atoms with Crippen LogP contribution in [0.25, 0.3) is 0 Å². The molecule has 0 aromatic heterocycles. The van der Waals surface area contributed by atoms with Gasteiger partial charge in [0.25, 0.3) is 0 Å². The van der Waals surface area contributed by atoms with Gasteiger partial charge in [-0.1, -0.05) is 70.4 Å². The lowest BCUT2D eigenvalue weighted by molar-refractivity contribution is -0.274. The first-order chi connectivity index (χ1) is 16.4. The van der Waals surface area contributed by atoms with Crippen molar-refractivity contribution in [3.63, 3.8) is 0 Å². The normalized spacial score (nSPS) is 25.9. The van der Waals surface area contributed by atoms with Crippen molar-refractivity contribution < 1.29 is 22.6 Å². The standard InChI is InChI=1S/C29H45F3O2/c1-2-3-4-5-6-21-33-22-25-11-9-23(10-12-25)7-8-24-13-15-26(16-14-24)27-17-19-28(20-18-27)34-29(30,31)32/h17-20,23-26H,2-16,21-22H2,1H3. The van der Waals surface area contributed by atoms with Crippen molar-refractivity contribution in [1.29, 1.82) is 0 Å². The maximum Gasteiger partial charge on any atom is 0.573 e. The summed E-state index contributed by atoms with van der Waals surface area (Å²) in [4.78, 5) is 0. The zero-order valence-corrected chi connectivity index (χ0v) is 21.1. The molecule has 0 saturated heterocycles. The summed E-state index contributed by atoms with van der Waals surface area (Å²) in [5, 5.41) is 0. The number of ether oxygens (including phenoxy) is 2. The molecule has 2 saturated carbocycles. The van der Waals surface area contributed by atoms with Gasteiger partial charge in [-0.3, -0.25) is 0 Å². The van der Waals surface area contributed by atoms with E-state index in [1.807, 2.05) is 0 Å². The maximum atomic E-state index is 12.3. The van der Waals surface area contributed by atoms with Crippen molar-refractivity contribution in [2.24, 2.45) is 17.8 Å². The summed E-state index contributed by atoms with van der Waals surface area (Å²) in [6, 6.07) is 6.51. The van der Waals surface area contributed by atoms with Gasteiger partial charge in [0.2, 0.25) is 0 Å². The Kier molecular flexibility index (Phi) is 11.6. The number of hydrogen-bond donors (Lipinski definition) is 0. The van der Waals surface area contributed by atoms with E-state index in [1.165, 1.54) is 95.6 Å². The lowest BCUT2D eigenvalue weighted by atomic mass is 9.74. The van der Waals surface area contributed by atoms with E-state index >= 15 is 0 Å². The fourth-order valence-electron chi connectivity index (χ4n) is 5.94. The lowest BCUT2D eigenvalue weighted by Crippen LogP contribution is -2.20. The van der Waals surface area contributed by atoms with Crippen LogP contribution in [0.2, 0.25) is 0 Å². The second-order valence-corrected chi connectivity index (χ2v) is 10.8. The number of halogens is 3. The third kappa shape index (κ3) is 10.2. The van der Waals surface area contributed by atoms with Crippen molar-refractivity contribution in [3.8, 4) is 5.75 Å². The predicted octanol–water partition coefficient (Wildman–Crippen LogP) is 9.43. The molecule has 1 aromatic rings. The van der Waals surface area contributed by atoms with Crippen LogP contribution in [0.5, 0.6) is 5.75 Å². The van der Waals surface area contributed by atoms with Gasteiger partial charge in [-0.05, 0) is 86.3 Å². The molecule has 0 heterocycles. The van der Waals surface area contributed by atoms with E-state index in [0.29, 0.717) is 5.92 Å². The maximum absolute atomic E-state index is 12.3. The zero-order chi connectivity index (χ0) is 24.2. The largest absolute Gasteiger partial charge is 0.573 e. The predicted molar refractivity (Wildman–Crippen MR) is 132 cm³/mol. The fourth-order valence-corrected chi connectivity index (χ4v) is 5.94. The van der Waals surface area contributed by atoms with Gasteiger partial charge in [0, 0.05) is 13.2 Å². The Balaban J connectivity index is 1.24. The van der Waals surface area contributed by atoms with Gasteiger partial charge in [-0.2, -0.15) is 0 Å². The summed E-state index contributed by atoms with van der Waals surface area (Å²) in [6.45, 7) is 4.16. The molecule has 194 valence electrons. The van der Waals surface area contributed by atoms with Gasteiger partial charge >= 0.3 is 6.36 Å². The van der Waals surface area contributed by atoms with E-state index in [0.717, 1.165) is 49.4 Å². The van der Waals surface area contributed by atoms with Crippen LogP contribution in [0, 0.1) is 17.8 Å². The Morgan fingerprint density at radius 1 is 0.735 bits per heavy atom. The van der Waals surface area contributed by atoms with E-state index in [9.17, 15) is 13.2 Å². The van der Waals surface area contributed by atoms with E-state index < -0.39 is 6.36 Å². The van der Waals surface area contributed by atoms with Crippen LogP contribution in [-0.4, -0.2) is 19.6 Å². The van der Waals surface area contributed by atoms with Gasteiger partial charge in [0.15, 0.2) is 0 Å². The monoisotopic (exact) mass is 482 g/mol. The van der Waals surface area contributed by atoms with E-state index in [4.69, 9.17) is 4.74 Å². The molecule has 0 radical (unpaired) electrons. The third-order valence-electron chi connectivity index (χ3n) is 8.13. The summed E-state index contributed by atoms with van der Waals surface area (Å²) in [7, 11) is 0. The van der Waals surface area contributed by atoms with Crippen molar-refractivity contribution >= 4 is 0 Å². The molecule has 1 aromatic carbocycles. The summed E-state index contributed by atoms with van der Waals surface area (Å²) in [6.07, 6.45) is 14.8. The molecular weight excluding hydrogens is 437 g/mol. The molecule has 2 nitrogen and oxygen atoms in total. The molecule has 0 atom stereocenters. The first-order valence-electron chi connectivity index (χ1n) is 13.9. The van der Waals surface area contributed by atoms with Crippen LogP contribution in [0.1, 0.15) is 115 Å². The van der Waals surface area contributed by atoms with Crippen LogP contribution in [-0.2, 0) is 4.74 Å². The Morgan fingerprint density at radius 3 is 1.88 bits per heavy atom. The van der Waals surface area contributed by atoms with E-state index in [1.54, 1.807) is 12.1 Å².